The SMILES string of the molecule is CC[C@@H](C)NC(=O)c1cc(N)cc(-c2cnc(NC(C)C)c(=O)n2CC(=O)NCc2ccc(C(=N)N)c(O)c2)c1. The van der Waals surface area contributed by atoms with E-state index in [0.717, 1.165) is 6.42 Å². The number of hydrogen-bond donors (Lipinski definition) is 7. The molecule has 12 nitrogen and oxygen atoms in total. The highest BCUT2D eigenvalue weighted by Gasteiger charge is 2.18. The third kappa shape index (κ3) is 7.37. The van der Waals surface area contributed by atoms with Gasteiger partial charge < -0.3 is 32.5 Å². The summed E-state index contributed by atoms with van der Waals surface area (Å²) in [6, 6.07) is 9.17. The second-order valence-electron chi connectivity index (χ2n) is 9.85. The number of aromatic hydroxyl groups is 1. The fourth-order valence-electron chi connectivity index (χ4n) is 3.90. The Morgan fingerprint density at radius 2 is 1.88 bits per heavy atom. The van der Waals surface area contributed by atoms with Crippen molar-refractivity contribution in [1.82, 2.24) is 20.2 Å². The molecule has 0 radical (unpaired) electrons. The molecule has 12 heteroatoms. The van der Waals surface area contributed by atoms with Crippen molar-refractivity contribution in [2.24, 2.45) is 5.73 Å². The van der Waals surface area contributed by atoms with Crippen LogP contribution in [0.2, 0.25) is 0 Å². The molecule has 212 valence electrons. The first-order valence-electron chi connectivity index (χ1n) is 12.9. The van der Waals surface area contributed by atoms with Gasteiger partial charge in [0, 0.05) is 35.4 Å². The van der Waals surface area contributed by atoms with Crippen molar-refractivity contribution in [3.8, 4) is 17.0 Å². The lowest BCUT2D eigenvalue weighted by atomic mass is 10.1. The molecule has 0 saturated carbocycles. The summed E-state index contributed by atoms with van der Waals surface area (Å²) in [5, 5.41) is 26.2. The summed E-state index contributed by atoms with van der Waals surface area (Å²) in [4.78, 5) is 43.5. The van der Waals surface area contributed by atoms with E-state index >= 15 is 0 Å². The molecule has 3 rings (SSSR count). The number of carbonyl (C=O) groups excluding carboxylic acids is 2. The lowest BCUT2D eigenvalue weighted by Gasteiger charge is -2.17. The van der Waals surface area contributed by atoms with Crippen LogP contribution in [-0.2, 0) is 17.9 Å². The topological polar surface area (TPSA) is 201 Å². The molecule has 2 aromatic carbocycles. The minimum Gasteiger partial charge on any atom is -0.507 e. The van der Waals surface area contributed by atoms with E-state index in [1.165, 1.54) is 22.9 Å². The van der Waals surface area contributed by atoms with Crippen LogP contribution in [0.5, 0.6) is 5.75 Å². The zero-order chi connectivity index (χ0) is 29.6. The van der Waals surface area contributed by atoms with Gasteiger partial charge in [-0.05, 0) is 63.1 Å². The monoisotopic (exact) mass is 548 g/mol. The molecule has 2 amide bonds. The molecule has 0 saturated heterocycles. The average Bonchev–Trinajstić information content (AvgIpc) is 2.88. The van der Waals surface area contributed by atoms with Crippen LogP contribution in [0.3, 0.4) is 0 Å². The van der Waals surface area contributed by atoms with Gasteiger partial charge in [0.2, 0.25) is 5.91 Å². The van der Waals surface area contributed by atoms with Crippen LogP contribution >= 0.6 is 0 Å². The smallest absolute Gasteiger partial charge is 0.294 e. The zero-order valence-electron chi connectivity index (χ0n) is 23.0. The maximum absolute atomic E-state index is 13.4. The minimum atomic E-state index is -0.516. The molecule has 1 aromatic heterocycles. The van der Waals surface area contributed by atoms with Crippen molar-refractivity contribution in [3.63, 3.8) is 0 Å². The van der Waals surface area contributed by atoms with E-state index in [9.17, 15) is 19.5 Å². The van der Waals surface area contributed by atoms with E-state index < -0.39 is 11.5 Å². The maximum atomic E-state index is 13.4. The van der Waals surface area contributed by atoms with E-state index in [0.29, 0.717) is 28.1 Å². The van der Waals surface area contributed by atoms with Crippen molar-refractivity contribution < 1.29 is 14.7 Å². The fraction of sp³-hybridized carbons (Fsp3) is 0.321. The van der Waals surface area contributed by atoms with Crippen molar-refractivity contribution in [1.29, 1.82) is 5.41 Å². The molecule has 0 spiro atoms. The Bertz CT molecular complexity index is 1480. The third-order valence-corrected chi connectivity index (χ3v) is 6.13. The molecule has 3 aromatic rings. The van der Waals surface area contributed by atoms with Gasteiger partial charge >= 0.3 is 0 Å². The summed E-state index contributed by atoms with van der Waals surface area (Å²) < 4.78 is 1.27. The van der Waals surface area contributed by atoms with Crippen LogP contribution < -0.4 is 33.0 Å². The number of carbonyl (C=O) groups is 2. The molecule has 0 fully saturated rings. The number of phenols is 1. The molecule has 1 atom stereocenters. The number of nitrogens with one attached hydrogen (secondary N) is 4. The Hall–Kier alpha value is -4.87. The minimum absolute atomic E-state index is 0.0390. The molecule has 40 heavy (non-hydrogen) atoms. The Morgan fingerprint density at radius 1 is 1.15 bits per heavy atom. The number of amidine groups is 1. The van der Waals surface area contributed by atoms with Crippen LogP contribution in [-0.4, -0.2) is 44.4 Å². The van der Waals surface area contributed by atoms with E-state index in [2.05, 4.69) is 20.9 Å². The van der Waals surface area contributed by atoms with Gasteiger partial charge in [-0.1, -0.05) is 13.0 Å². The van der Waals surface area contributed by atoms with Gasteiger partial charge in [0.15, 0.2) is 5.82 Å². The Labute approximate surface area is 232 Å². The first-order valence-corrected chi connectivity index (χ1v) is 12.9. The van der Waals surface area contributed by atoms with Gasteiger partial charge in [0.05, 0.1) is 17.5 Å². The predicted molar refractivity (Wildman–Crippen MR) is 155 cm³/mol. The summed E-state index contributed by atoms with van der Waals surface area (Å²) in [5.41, 5.74) is 13.2. The lowest BCUT2D eigenvalue weighted by molar-refractivity contribution is -0.121. The average molecular weight is 549 g/mol. The highest BCUT2D eigenvalue weighted by atomic mass is 16.3. The molecule has 0 unspecified atom stereocenters. The van der Waals surface area contributed by atoms with Crippen LogP contribution in [0.25, 0.3) is 11.3 Å². The molecule has 0 bridgehead atoms. The Kier molecular flexibility index (Phi) is 9.49. The molecule has 0 aliphatic carbocycles. The summed E-state index contributed by atoms with van der Waals surface area (Å²) in [6.45, 7) is 7.30. The van der Waals surface area contributed by atoms with Crippen molar-refractivity contribution in [3.05, 3.63) is 69.6 Å². The molecule has 0 aliphatic heterocycles. The van der Waals surface area contributed by atoms with Crippen LogP contribution in [0, 0.1) is 5.41 Å². The second-order valence-corrected chi connectivity index (χ2v) is 9.85. The van der Waals surface area contributed by atoms with Crippen molar-refractivity contribution >= 4 is 29.2 Å². The second kappa shape index (κ2) is 12.8. The maximum Gasteiger partial charge on any atom is 0.294 e. The van der Waals surface area contributed by atoms with E-state index in [-0.39, 0.29) is 54.0 Å². The molecule has 0 aliphatic rings. The quantitative estimate of drug-likeness (QED) is 0.107. The number of nitrogens with zero attached hydrogens (tertiary/aromatic N) is 2. The largest absolute Gasteiger partial charge is 0.507 e. The summed E-state index contributed by atoms with van der Waals surface area (Å²) >= 11 is 0. The zero-order valence-corrected chi connectivity index (χ0v) is 23.0. The Morgan fingerprint density at radius 3 is 2.50 bits per heavy atom. The number of anilines is 2. The van der Waals surface area contributed by atoms with Gasteiger partial charge in [-0.3, -0.25) is 24.4 Å². The number of hydrogen-bond acceptors (Lipinski definition) is 8. The summed E-state index contributed by atoms with van der Waals surface area (Å²) in [5.74, 6) is -1.15. The lowest BCUT2D eigenvalue weighted by Crippen LogP contribution is -2.35. The number of rotatable bonds is 11. The number of amides is 2. The van der Waals surface area contributed by atoms with Gasteiger partial charge in [-0.2, -0.15) is 0 Å². The first-order chi connectivity index (χ1) is 18.9. The van der Waals surface area contributed by atoms with Crippen LogP contribution in [0.4, 0.5) is 11.5 Å². The number of nitrogen functional groups attached to an aromatic ring is 2. The van der Waals surface area contributed by atoms with Gasteiger partial charge in [-0.15, -0.1) is 0 Å². The van der Waals surface area contributed by atoms with Gasteiger partial charge in [0.1, 0.15) is 18.1 Å². The molecular formula is C28H36N8O4. The summed E-state index contributed by atoms with van der Waals surface area (Å²) in [7, 11) is 0. The van der Waals surface area contributed by atoms with E-state index in [4.69, 9.17) is 16.9 Å². The molecule has 1 heterocycles. The normalized spacial score (nSPS) is 11.6. The number of nitrogens with two attached hydrogens (primary N) is 2. The first kappa shape index (κ1) is 29.7. The van der Waals surface area contributed by atoms with E-state index in [1.54, 1.807) is 24.3 Å². The number of phenolic OH excluding ortho intramolecular Hbond substituents is 1. The van der Waals surface area contributed by atoms with Gasteiger partial charge in [-0.25, -0.2) is 4.98 Å². The highest BCUT2D eigenvalue weighted by Crippen LogP contribution is 2.24. The summed E-state index contributed by atoms with van der Waals surface area (Å²) in [6.07, 6.45) is 2.22. The van der Waals surface area contributed by atoms with Crippen molar-refractivity contribution in [2.45, 2.75) is 59.3 Å². The highest BCUT2D eigenvalue weighted by molar-refractivity contribution is 5.97. The van der Waals surface area contributed by atoms with Gasteiger partial charge in [0.25, 0.3) is 11.5 Å². The Balaban J connectivity index is 1.95. The fourth-order valence-corrected chi connectivity index (χ4v) is 3.90. The van der Waals surface area contributed by atoms with E-state index in [1.807, 2.05) is 27.7 Å². The standard InChI is InChI=1S/C28H36N8O4/c1-5-16(4)35-27(39)19-9-18(10-20(29)11-19)22-13-33-26(34-15(2)3)28(40)36(22)14-24(38)32-12-17-6-7-21(25(30)31)23(37)8-17/h6-11,13,15-16,37H,5,12,14,29H2,1-4H3,(H3,30,31)(H,32,38)(H,33,34)(H,35,39)/t16-/m1/s1. The van der Waals surface area contributed by atoms with Crippen LogP contribution in [0.15, 0.2) is 47.4 Å². The molecule has 9 N–H and O–H groups in total. The third-order valence-electron chi connectivity index (χ3n) is 6.13. The predicted octanol–water partition coefficient (Wildman–Crippen LogP) is 2.15. The van der Waals surface area contributed by atoms with Crippen LogP contribution in [0.1, 0.15) is 55.6 Å². The van der Waals surface area contributed by atoms with Crippen molar-refractivity contribution in [2.75, 3.05) is 11.1 Å². The number of aromatic nitrogens is 2. The molecular weight excluding hydrogens is 512 g/mol. The number of benzene rings is 2.